The van der Waals surface area contributed by atoms with E-state index in [2.05, 4.69) is 223 Å². The average Bonchev–Trinajstić information content (AvgIpc) is 3.71. The van der Waals surface area contributed by atoms with Crippen LogP contribution < -0.4 is 4.90 Å². The number of rotatable bonds is 6. The van der Waals surface area contributed by atoms with E-state index >= 15 is 0 Å². The molecule has 0 unspecified atom stereocenters. The van der Waals surface area contributed by atoms with Crippen molar-refractivity contribution < 1.29 is 4.42 Å². The van der Waals surface area contributed by atoms with E-state index in [0.29, 0.717) is 0 Å². The zero-order valence-electron chi connectivity index (χ0n) is 32.7. The highest BCUT2D eigenvalue weighted by Gasteiger charge is 2.24. The highest BCUT2D eigenvalue weighted by Crippen LogP contribution is 2.49. The van der Waals surface area contributed by atoms with Gasteiger partial charge in [0.1, 0.15) is 11.2 Å². The molecule has 0 amide bonds. The second kappa shape index (κ2) is 13.9. The number of furan rings is 1. The molecule has 1 aromatic heterocycles. The van der Waals surface area contributed by atoms with Crippen LogP contribution in [0.15, 0.2) is 229 Å². The number of anilines is 3. The van der Waals surface area contributed by atoms with Gasteiger partial charge in [0.15, 0.2) is 0 Å². The summed E-state index contributed by atoms with van der Waals surface area (Å²) in [5.74, 6) is 0. The lowest BCUT2D eigenvalue weighted by Gasteiger charge is -2.30. The van der Waals surface area contributed by atoms with Crippen LogP contribution >= 0.6 is 0 Å². The molecule has 0 N–H and O–H groups in total. The Morgan fingerprint density at radius 1 is 0.267 bits per heavy atom. The molecule has 0 bridgehead atoms. The first kappa shape index (κ1) is 34.1. The molecule has 0 spiro atoms. The summed E-state index contributed by atoms with van der Waals surface area (Å²) in [6.45, 7) is 0. The number of hydrogen-bond acceptors (Lipinski definition) is 2. The Balaban J connectivity index is 1.06. The van der Waals surface area contributed by atoms with Crippen LogP contribution in [0.2, 0.25) is 0 Å². The lowest BCUT2D eigenvalue weighted by molar-refractivity contribution is 0.669. The summed E-state index contributed by atoms with van der Waals surface area (Å²) in [7, 11) is 0. The van der Waals surface area contributed by atoms with Gasteiger partial charge in [0.2, 0.25) is 0 Å². The van der Waals surface area contributed by atoms with E-state index in [9.17, 15) is 0 Å². The van der Waals surface area contributed by atoms with Gasteiger partial charge in [0, 0.05) is 16.5 Å². The van der Waals surface area contributed by atoms with Crippen molar-refractivity contribution in [2.45, 2.75) is 0 Å². The number of benzene rings is 11. The van der Waals surface area contributed by atoms with Gasteiger partial charge in [-0.1, -0.05) is 188 Å². The quantitative estimate of drug-likeness (QED) is 0.157. The van der Waals surface area contributed by atoms with E-state index < -0.39 is 0 Å². The molecule has 0 saturated carbocycles. The minimum absolute atomic E-state index is 0.859. The number of para-hydroxylation sites is 3. The molecule has 12 rings (SSSR count). The Morgan fingerprint density at radius 2 is 0.733 bits per heavy atom. The van der Waals surface area contributed by atoms with Crippen LogP contribution in [0, 0.1) is 0 Å². The molecule has 0 aliphatic carbocycles. The summed E-state index contributed by atoms with van der Waals surface area (Å²) in [6, 6.07) is 81.4. The largest absolute Gasteiger partial charge is 0.456 e. The van der Waals surface area contributed by atoms with Crippen molar-refractivity contribution in [3.63, 3.8) is 0 Å². The van der Waals surface area contributed by atoms with Gasteiger partial charge < -0.3 is 9.32 Å². The van der Waals surface area contributed by atoms with E-state index in [4.69, 9.17) is 4.42 Å². The van der Waals surface area contributed by atoms with Gasteiger partial charge >= 0.3 is 0 Å². The minimum Gasteiger partial charge on any atom is -0.456 e. The minimum atomic E-state index is 0.859. The molecular weight excluding hydrogens is 727 g/mol. The summed E-state index contributed by atoms with van der Waals surface area (Å²) < 4.78 is 6.52. The lowest BCUT2D eigenvalue weighted by Crippen LogP contribution is -2.12. The third-order valence-electron chi connectivity index (χ3n) is 12.3. The van der Waals surface area contributed by atoms with Gasteiger partial charge in [0.05, 0.1) is 22.4 Å². The number of hydrogen-bond donors (Lipinski definition) is 0. The molecule has 2 heteroatoms. The Hall–Kier alpha value is -7.94. The fourth-order valence-corrected chi connectivity index (χ4v) is 9.45. The first-order valence-corrected chi connectivity index (χ1v) is 20.6. The summed E-state index contributed by atoms with van der Waals surface area (Å²) in [5, 5.41) is 12.2. The zero-order valence-corrected chi connectivity index (χ0v) is 32.7. The molecule has 1 heterocycles. The van der Waals surface area contributed by atoms with Crippen molar-refractivity contribution >= 4 is 82.1 Å². The Bertz CT molecular complexity index is 3610. The molecule has 0 saturated heterocycles. The Kier molecular flexibility index (Phi) is 7.89. The molecule has 0 radical (unpaired) electrons. The van der Waals surface area contributed by atoms with Gasteiger partial charge in [0.25, 0.3) is 0 Å². The normalized spacial score (nSPS) is 11.7. The Morgan fingerprint density at radius 3 is 1.48 bits per heavy atom. The zero-order chi connectivity index (χ0) is 39.6. The first-order valence-electron chi connectivity index (χ1n) is 20.6. The molecule has 0 aliphatic rings. The van der Waals surface area contributed by atoms with Gasteiger partial charge in [-0.3, -0.25) is 0 Å². The maximum absolute atomic E-state index is 6.52. The predicted molar refractivity (Wildman–Crippen MR) is 255 cm³/mol. The van der Waals surface area contributed by atoms with Crippen LogP contribution in [0.4, 0.5) is 17.1 Å². The maximum Gasteiger partial charge on any atom is 0.137 e. The average molecular weight is 764 g/mol. The maximum atomic E-state index is 6.52. The summed E-state index contributed by atoms with van der Waals surface area (Å²) >= 11 is 0. The molecule has 11 aromatic carbocycles. The van der Waals surface area contributed by atoms with E-state index in [1.807, 2.05) is 6.07 Å². The fourth-order valence-electron chi connectivity index (χ4n) is 9.45. The number of nitrogens with zero attached hydrogens (tertiary/aromatic N) is 1. The van der Waals surface area contributed by atoms with E-state index in [0.717, 1.165) is 61.3 Å². The van der Waals surface area contributed by atoms with Crippen molar-refractivity contribution in [2.75, 3.05) is 4.90 Å². The van der Waals surface area contributed by atoms with Crippen molar-refractivity contribution in [1.29, 1.82) is 0 Å². The third kappa shape index (κ3) is 5.50. The molecular formula is C58H37NO. The summed E-state index contributed by atoms with van der Waals surface area (Å²) in [6.07, 6.45) is 0. The molecule has 60 heavy (non-hydrogen) atoms. The Labute approximate surface area is 347 Å². The molecule has 0 aliphatic heterocycles. The predicted octanol–water partition coefficient (Wildman–Crippen LogP) is 16.7. The second-order valence-electron chi connectivity index (χ2n) is 15.6. The van der Waals surface area contributed by atoms with Gasteiger partial charge in [-0.15, -0.1) is 0 Å². The lowest BCUT2D eigenvalue weighted by atomic mass is 9.93. The van der Waals surface area contributed by atoms with Crippen molar-refractivity contribution in [3.05, 3.63) is 224 Å². The van der Waals surface area contributed by atoms with Crippen LogP contribution in [0.3, 0.4) is 0 Å². The molecule has 280 valence electrons. The molecule has 12 aromatic rings. The molecule has 0 fully saturated rings. The molecule has 2 nitrogen and oxygen atoms in total. The van der Waals surface area contributed by atoms with E-state index in [-0.39, 0.29) is 0 Å². The molecule has 0 atom stereocenters. The van der Waals surface area contributed by atoms with Crippen molar-refractivity contribution in [3.8, 4) is 33.4 Å². The fraction of sp³-hybridized carbons (Fsp3) is 0. The monoisotopic (exact) mass is 763 g/mol. The van der Waals surface area contributed by atoms with Crippen LogP contribution in [-0.4, -0.2) is 0 Å². The van der Waals surface area contributed by atoms with Crippen LogP contribution in [-0.2, 0) is 0 Å². The third-order valence-corrected chi connectivity index (χ3v) is 12.3. The summed E-state index contributed by atoms with van der Waals surface area (Å²) in [4.78, 5) is 2.45. The van der Waals surface area contributed by atoms with Gasteiger partial charge in [-0.25, -0.2) is 0 Å². The summed E-state index contributed by atoms with van der Waals surface area (Å²) in [5.41, 5.74) is 12.0. The van der Waals surface area contributed by atoms with E-state index in [1.165, 1.54) is 54.2 Å². The van der Waals surface area contributed by atoms with E-state index in [1.54, 1.807) is 0 Å². The van der Waals surface area contributed by atoms with Crippen LogP contribution in [0.1, 0.15) is 0 Å². The van der Waals surface area contributed by atoms with Crippen molar-refractivity contribution in [2.24, 2.45) is 0 Å². The van der Waals surface area contributed by atoms with Gasteiger partial charge in [-0.2, -0.15) is 0 Å². The highest BCUT2D eigenvalue weighted by molar-refractivity contribution is 6.15. The SMILES string of the molecule is c1ccc(N(c2ccccc2-c2ccc3ccc4ccccc4c3c2)c2cccc3oc4ccccc4c23)c(-c2ccc(-c3cccc4c3ccc3ccccc34)cc2)c1. The topological polar surface area (TPSA) is 16.4 Å². The second-order valence-corrected chi connectivity index (χ2v) is 15.6. The first-order chi connectivity index (χ1) is 29.8. The smallest absolute Gasteiger partial charge is 0.137 e. The van der Waals surface area contributed by atoms with Crippen LogP contribution in [0.5, 0.6) is 0 Å². The van der Waals surface area contributed by atoms with Crippen LogP contribution in [0.25, 0.3) is 98.4 Å². The standard InChI is InChI=1S/C58H37NO/c1-3-15-44-39(14-1)35-36-50-45(20-11-21-49(44)50)40-28-30-41(31-29-40)47-17-5-8-22-53(47)59(55-24-12-26-57-58(55)51-19-7-10-25-56(51)60-57)54-23-9-6-18-48(54)43-34-33-42-32-27-38-13-2-4-16-46(38)52(42)37-43/h1-37H. The highest BCUT2D eigenvalue weighted by atomic mass is 16.3. The van der Waals surface area contributed by atoms with Crippen molar-refractivity contribution in [1.82, 2.24) is 0 Å². The van der Waals surface area contributed by atoms with Gasteiger partial charge in [-0.05, 0) is 102 Å². The number of fused-ring (bicyclic) bond motifs is 9.